The largest absolute Gasteiger partial charge is 0.494 e. The molecule has 0 spiro atoms. The van der Waals surface area contributed by atoms with Crippen LogP contribution in [0.5, 0.6) is 5.75 Å². The molecule has 1 aromatic heterocycles. The molecule has 7 heteroatoms. The van der Waals surface area contributed by atoms with Crippen LogP contribution in [-0.2, 0) is 6.54 Å². The van der Waals surface area contributed by atoms with E-state index < -0.39 is 0 Å². The molecular formula is C23H25Cl2N3O2. The second-order valence-corrected chi connectivity index (χ2v) is 7.95. The number of amides is 1. The molecule has 0 radical (unpaired) electrons. The Morgan fingerprint density at radius 3 is 2.43 bits per heavy atom. The number of nitrogens with zero attached hydrogens (tertiary/aromatic N) is 2. The van der Waals surface area contributed by atoms with Crippen LogP contribution in [0, 0.1) is 13.8 Å². The molecular weight excluding hydrogens is 421 g/mol. The van der Waals surface area contributed by atoms with Gasteiger partial charge in [-0.3, -0.25) is 4.79 Å². The topological polar surface area (TPSA) is 56.2 Å². The van der Waals surface area contributed by atoms with Crippen molar-refractivity contribution in [3.8, 4) is 5.75 Å². The van der Waals surface area contributed by atoms with Crippen LogP contribution in [-0.4, -0.2) is 28.8 Å². The Morgan fingerprint density at radius 1 is 1.03 bits per heavy atom. The Hall–Kier alpha value is -2.50. The molecule has 0 saturated heterocycles. The monoisotopic (exact) mass is 445 g/mol. The maximum atomic E-state index is 12.6. The number of aryl methyl sites for hydroxylation is 2. The van der Waals surface area contributed by atoms with Gasteiger partial charge in [0.2, 0.25) is 0 Å². The molecule has 1 amide bonds. The van der Waals surface area contributed by atoms with Crippen molar-refractivity contribution in [3.05, 3.63) is 81.1 Å². The fourth-order valence-corrected chi connectivity index (χ4v) is 3.47. The van der Waals surface area contributed by atoms with Crippen LogP contribution in [0.4, 0.5) is 0 Å². The molecule has 3 rings (SSSR count). The predicted octanol–water partition coefficient (Wildman–Crippen LogP) is 5.44. The number of unbranched alkanes of at least 4 members (excludes halogenated alkanes) is 1. The van der Waals surface area contributed by atoms with Crippen molar-refractivity contribution in [3.63, 3.8) is 0 Å². The molecule has 0 aliphatic rings. The quantitative estimate of drug-likeness (QED) is 0.445. The van der Waals surface area contributed by atoms with Crippen LogP contribution < -0.4 is 10.1 Å². The summed E-state index contributed by atoms with van der Waals surface area (Å²) in [6, 6.07) is 15.4. The number of hydrogen-bond donors (Lipinski definition) is 1. The van der Waals surface area contributed by atoms with Crippen LogP contribution >= 0.6 is 23.2 Å². The van der Waals surface area contributed by atoms with Crippen molar-refractivity contribution < 1.29 is 9.53 Å². The van der Waals surface area contributed by atoms with Gasteiger partial charge in [0.25, 0.3) is 5.91 Å². The summed E-state index contributed by atoms with van der Waals surface area (Å²) in [5.74, 6) is 0.582. The number of rotatable bonds is 9. The number of carbonyl (C=O) groups excluding carboxylic acids is 1. The second kappa shape index (κ2) is 10.5. The number of benzene rings is 2. The standard InChI is InChI=1S/C23H25Cl2N3O2/c1-16-5-7-18(8-6-16)15-28-22(25)21(17(2)27-28)23(29)26-13-3-4-14-30-20-11-9-19(24)10-12-20/h5-12H,3-4,13-15H2,1-2H3,(H,26,29). The van der Waals surface area contributed by atoms with Crippen molar-refractivity contribution in [2.24, 2.45) is 0 Å². The minimum atomic E-state index is -0.203. The van der Waals surface area contributed by atoms with E-state index in [2.05, 4.69) is 10.4 Å². The Bertz CT molecular complexity index is 983. The van der Waals surface area contributed by atoms with Gasteiger partial charge in [-0.2, -0.15) is 5.10 Å². The number of carbonyl (C=O) groups is 1. The lowest BCUT2D eigenvalue weighted by Crippen LogP contribution is -2.25. The number of hydrogen-bond acceptors (Lipinski definition) is 3. The summed E-state index contributed by atoms with van der Waals surface area (Å²) in [4.78, 5) is 12.6. The minimum Gasteiger partial charge on any atom is -0.494 e. The van der Waals surface area contributed by atoms with Crippen molar-refractivity contribution in [2.45, 2.75) is 33.2 Å². The molecule has 0 aliphatic heterocycles. The summed E-state index contributed by atoms with van der Waals surface area (Å²) in [6.07, 6.45) is 1.62. The molecule has 0 bridgehead atoms. The Morgan fingerprint density at radius 2 is 1.73 bits per heavy atom. The molecule has 30 heavy (non-hydrogen) atoms. The SMILES string of the molecule is Cc1ccc(Cn2nc(C)c(C(=O)NCCCCOc3ccc(Cl)cc3)c2Cl)cc1. The molecule has 0 unspecified atom stereocenters. The van der Waals surface area contributed by atoms with Crippen molar-refractivity contribution in [1.29, 1.82) is 0 Å². The summed E-state index contributed by atoms with van der Waals surface area (Å²) >= 11 is 12.3. The van der Waals surface area contributed by atoms with E-state index in [1.165, 1.54) is 5.56 Å². The van der Waals surface area contributed by atoms with Gasteiger partial charge >= 0.3 is 0 Å². The molecule has 3 aromatic rings. The van der Waals surface area contributed by atoms with Crippen LogP contribution in [0.2, 0.25) is 10.2 Å². The third kappa shape index (κ3) is 6.00. The highest BCUT2D eigenvalue weighted by atomic mass is 35.5. The maximum absolute atomic E-state index is 12.6. The van der Waals surface area contributed by atoms with E-state index in [0.29, 0.717) is 41.1 Å². The molecule has 0 aliphatic carbocycles. The molecule has 5 nitrogen and oxygen atoms in total. The first-order valence-electron chi connectivity index (χ1n) is 9.89. The van der Waals surface area contributed by atoms with Gasteiger partial charge in [-0.15, -0.1) is 0 Å². The zero-order chi connectivity index (χ0) is 21.5. The van der Waals surface area contributed by atoms with Crippen molar-refractivity contribution >= 4 is 29.1 Å². The molecule has 0 saturated carbocycles. The number of ether oxygens (including phenoxy) is 1. The third-order valence-electron chi connectivity index (χ3n) is 4.68. The Labute approximate surface area is 187 Å². The van der Waals surface area contributed by atoms with E-state index in [0.717, 1.165) is 24.2 Å². The summed E-state index contributed by atoms with van der Waals surface area (Å²) < 4.78 is 7.32. The fraction of sp³-hybridized carbons (Fsp3) is 0.304. The zero-order valence-corrected chi connectivity index (χ0v) is 18.6. The molecule has 158 valence electrons. The summed E-state index contributed by atoms with van der Waals surface area (Å²) in [5, 5.41) is 8.40. The Kier molecular flexibility index (Phi) is 7.77. The van der Waals surface area contributed by atoms with E-state index >= 15 is 0 Å². The van der Waals surface area contributed by atoms with Gasteiger partial charge in [0.05, 0.1) is 24.4 Å². The van der Waals surface area contributed by atoms with E-state index in [-0.39, 0.29) is 5.91 Å². The summed E-state index contributed by atoms with van der Waals surface area (Å²) in [6.45, 7) is 5.48. The van der Waals surface area contributed by atoms with Crippen molar-refractivity contribution in [1.82, 2.24) is 15.1 Å². The van der Waals surface area contributed by atoms with Crippen LogP contribution in [0.1, 0.15) is 40.0 Å². The number of aromatic nitrogens is 2. The van der Waals surface area contributed by atoms with E-state index in [4.69, 9.17) is 27.9 Å². The lowest BCUT2D eigenvalue weighted by atomic mass is 10.1. The third-order valence-corrected chi connectivity index (χ3v) is 5.32. The fourth-order valence-electron chi connectivity index (χ4n) is 3.02. The first-order valence-corrected chi connectivity index (χ1v) is 10.6. The van der Waals surface area contributed by atoms with Crippen LogP contribution in [0.25, 0.3) is 0 Å². The van der Waals surface area contributed by atoms with Gasteiger partial charge in [-0.05, 0) is 56.5 Å². The molecule has 1 N–H and O–H groups in total. The lowest BCUT2D eigenvalue weighted by molar-refractivity contribution is 0.0952. The average molecular weight is 446 g/mol. The Balaban J connectivity index is 1.46. The van der Waals surface area contributed by atoms with Gasteiger partial charge in [-0.1, -0.05) is 53.0 Å². The van der Waals surface area contributed by atoms with Gasteiger partial charge in [0, 0.05) is 11.6 Å². The van der Waals surface area contributed by atoms with Gasteiger partial charge in [0.15, 0.2) is 0 Å². The maximum Gasteiger partial charge on any atom is 0.256 e. The summed E-state index contributed by atoms with van der Waals surface area (Å²) in [7, 11) is 0. The first-order chi connectivity index (χ1) is 14.4. The highest BCUT2D eigenvalue weighted by molar-refractivity contribution is 6.33. The van der Waals surface area contributed by atoms with Crippen LogP contribution in [0.15, 0.2) is 48.5 Å². The van der Waals surface area contributed by atoms with Crippen molar-refractivity contribution in [2.75, 3.05) is 13.2 Å². The molecule has 2 aromatic carbocycles. The number of nitrogens with one attached hydrogen (secondary N) is 1. The second-order valence-electron chi connectivity index (χ2n) is 7.16. The van der Waals surface area contributed by atoms with E-state index in [1.807, 2.05) is 43.3 Å². The smallest absolute Gasteiger partial charge is 0.256 e. The predicted molar refractivity (Wildman–Crippen MR) is 121 cm³/mol. The van der Waals surface area contributed by atoms with Gasteiger partial charge in [0.1, 0.15) is 10.9 Å². The molecule has 0 fully saturated rings. The normalized spacial score (nSPS) is 10.8. The van der Waals surface area contributed by atoms with Gasteiger partial charge < -0.3 is 10.1 Å². The van der Waals surface area contributed by atoms with E-state index in [9.17, 15) is 4.79 Å². The van der Waals surface area contributed by atoms with E-state index in [1.54, 1.807) is 23.7 Å². The molecule has 1 heterocycles. The minimum absolute atomic E-state index is 0.203. The zero-order valence-electron chi connectivity index (χ0n) is 17.1. The number of halogens is 2. The summed E-state index contributed by atoms with van der Waals surface area (Å²) in [5.41, 5.74) is 3.33. The average Bonchev–Trinajstić information content (AvgIpc) is 3.00. The lowest BCUT2D eigenvalue weighted by Gasteiger charge is -2.08. The van der Waals surface area contributed by atoms with Crippen LogP contribution in [0.3, 0.4) is 0 Å². The highest BCUT2D eigenvalue weighted by Gasteiger charge is 2.20. The highest BCUT2D eigenvalue weighted by Crippen LogP contribution is 2.21. The van der Waals surface area contributed by atoms with Gasteiger partial charge in [-0.25, -0.2) is 4.68 Å². The molecule has 0 atom stereocenters. The first kappa shape index (κ1) is 22.2.